The summed E-state index contributed by atoms with van der Waals surface area (Å²) in [6.07, 6.45) is 1.02. The van der Waals surface area contributed by atoms with Crippen molar-refractivity contribution in [3.63, 3.8) is 0 Å². The summed E-state index contributed by atoms with van der Waals surface area (Å²) in [7, 11) is 5.16. The Kier molecular flexibility index (Phi) is 14.0. The van der Waals surface area contributed by atoms with Crippen LogP contribution in [0.5, 0.6) is 0 Å². The molecule has 0 aliphatic heterocycles. The first-order valence-corrected chi connectivity index (χ1v) is 8.89. The van der Waals surface area contributed by atoms with Gasteiger partial charge in [0.1, 0.15) is 23.6 Å². The van der Waals surface area contributed by atoms with Gasteiger partial charge in [-0.25, -0.2) is 9.79 Å². The van der Waals surface area contributed by atoms with E-state index in [1.807, 2.05) is 6.92 Å². The summed E-state index contributed by atoms with van der Waals surface area (Å²) in [5.41, 5.74) is 0.438. The Hall–Kier alpha value is -1.33. The molecule has 1 heterocycles. The number of furan rings is 1. The summed E-state index contributed by atoms with van der Waals surface area (Å²) >= 11 is 0. The van der Waals surface area contributed by atoms with Crippen molar-refractivity contribution in [3.8, 4) is 0 Å². The lowest BCUT2D eigenvalue weighted by Crippen LogP contribution is -2.41. The third-order valence-electron chi connectivity index (χ3n) is 3.79. The SMILES string of the molecule is CCNC(=NCc1cc(C(=O)OC)c(C)o1)NCCN(C)CCCOC.I. The van der Waals surface area contributed by atoms with Gasteiger partial charge in [0.25, 0.3) is 0 Å². The number of carbonyl (C=O) groups excluding carboxylic acids is 1. The van der Waals surface area contributed by atoms with E-state index in [1.165, 1.54) is 7.11 Å². The Morgan fingerprint density at radius 2 is 2.04 bits per heavy atom. The molecule has 0 saturated carbocycles. The minimum atomic E-state index is -0.400. The van der Waals surface area contributed by atoms with Crippen LogP contribution in [0.25, 0.3) is 0 Å². The zero-order valence-corrected chi connectivity index (χ0v) is 19.3. The number of guanidine groups is 1. The maximum Gasteiger partial charge on any atom is 0.341 e. The van der Waals surface area contributed by atoms with Crippen LogP contribution in [0.1, 0.15) is 35.2 Å². The van der Waals surface area contributed by atoms with Crippen molar-refractivity contribution in [2.24, 2.45) is 4.99 Å². The number of methoxy groups -OCH3 is 2. The van der Waals surface area contributed by atoms with Crippen LogP contribution in [-0.2, 0) is 16.0 Å². The Labute approximate surface area is 179 Å². The Bertz CT molecular complexity index is 578. The number of aliphatic imine (C=N–C) groups is 1. The molecule has 0 atom stereocenters. The molecule has 0 aliphatic rings. The van der Waals surface area contributed by atoms with E-state index in [1.54, 1.807) is 20.1 Å². The average Bonchev–Trinajstić information content (AvgIpc) is 3.00. The van der Waals surface area contributed by atoms with Gasteiger partial charge in [-0.05, 0) is 33.4 Å². The van der Waals surface area contributed by atoms with Crippen molar-refractivity contribution in [2.75, 3.05) is 54.1 Å². The summed E-state index contributed by atoms with van der Waals surface area (Å²) in [6.45, 7) is 8.31. The van der Waals surface area contributed by atoms with E-state index < -0.39 is 5.97 Å². The highest BCUT2D eigenvalue weighted by Crippen LogP contribution is 2.16. The topological polar surface area (TPSA) is 88.3 Å². The zero-order valence-electron chi connectivity index (χ0n) is 17.0. The second-order valence-electron chi connectivity index (χ2n) is 5.95. The molecular weight excluding hydrogens is 463 g/mol. The molecular formula is C18H33IN4O4. The van der Waals surface area contributed by atoms with Crippen molar-refractivity contribution in [1.82, 2.24) is 15.5 Å². The van der Waals surface area contributed by atoms with Gasteiger partial charge in [-0.3, -0.25) is 0 Å². The maximum atomic E-state index is 11.6. The highest BCUT2D eigenvalue weighted by molar-refractivity contribution is 14.0. The van der Waals surface area contributed by atoms with Gasteiger partial charge in [-0.1, -0.05) is 0 Å². The van der Waals surface area contributed by atoms with E-state index in [4.69, 9.17) is 13.9 Å². The highest BCUT2D eigenvalue weighted by Gasteiger charge is 2.15. The maximum absolute atomic E-state index is 11.6. The van der Waals surface area contributed by atoms with Crippen LogP contribution in [0.3, 0.4) is 0 Å². The van der Waals surface area contributed by atoms with Gasteiger partial charge < -0.3 is 29.4 Å². The summed E-state index contributed by atoms with van der Waals surface area (Å²) in [5.74, 6) is 1.48. The number of hydrogen-bond donors (Lipinski definition) is 2. The lowest BCUT2D eigenvalue weighted by atomic mass is 10.2. The van der Waals surface area contributed by atoms with Crippen molar-refractivity contribution in [2.45, 2.75) is 26.8 Å². The Morgan fingerprint density at radius 1 is 1.30 bits per heavy atom. The second kappa shape index (κ2) is 14.7. The first-order valence-electron chi connectivity index (χ1n) is 8.89. The third-order valence-corrected chi connectivity index (χ3v) is 3.79. The zero-order chi connectivity index (χ0) is 19.4. The van der Waals surface area contributed by atoms with E-state index in [0.29, 0.717) is 29.6 Å². The van der Waals surface area contributed by atoms with E-state index in [2.05, 4.69) is 27.6 Å². The van der Waals surface area contributed by atoms with Crippen LogP contribution in [-0.4, -0.2) is 70.9 Å². The molecule has 9 heteroatoms. The number of aryl methyl sites for hydroxylation is 1. The number of ether oxygens (including phenoxy) is 2. The van der Waals surface area contributed by atoms with Crippen LogP contribution >= 0.6 is 24.0 Å². The quantitative estimate of drug-likeness (QED) is 0.159. The summed E-state index contributed by atoms with van der Waals surface area (Å²) < 4.78 is 15.4. The smallest absolute Gasteiger partial charge is 0.341 e. The molecule has 0 radical (unpaired) electrons. The predicted octanol–water partition coefficient (Wildman–Crippen LogP) is 2.02. The van der Waals surface area contributed by atoms with E-state index >= 15 is 0 Å². The number of hydrogen-bond acceptors (Lipinski definition) is 6. The molecule has 1 aromatic heterocycles. The van der Waals surface area contributed by atoms with Crippen LogP contribution < -0.4 is 10.6 Å². The summed E-state index contributed by atoms with van der Waals surface area (Å²) in [6, 6.07) is 1.68. The molecule has 0 unspecified atom stereocenters. The van der Waals surface area contributed by atoms with Crippen molar-refractivity contribution in [3.05, 3.63) is 23.2 Å². The molecule has 0 spiro atoms. The average molecular weight is 496 g/mol. The lowest BCUT2D eigenvalue weighted by Gasteiger charge is -2.18. The molecule has 0 fully saturated rings. The molecule has 0 aromatic carbocycles. The number of rotatable bonds is 11. The number of nitrogens with one attached hydrogen (secondary N) is 2. The van der Waals surface area contributed by atoms with Crippen LogP contribution in [0.2, 0.25) is 0 Å². The number of halogens is 1. The molecule has 0 amide bonds. The number of nitrogens with zero attached hydrogens (tertiary/aromatic N) is 2. The molecule has 2 N–H and O–H groups in total. The monoisotopic (exact) mass is 496 g/mol. The fourth-order valence-electron chi connectivity index (χ4n) is 2.39. The molecule has 27 heavy (non-hydrogen) atoms. The summed E-state index contributed by atoms with van der Waals surface area (Å²) in [5, 5.41) is 6.50. The third kappa shape index (κ3) is 9.96. The fraction of sp³-hybridized carbons (Fsp3) is 0.667. The molecule has 1 rings (SSSR count). The Morgan fingerprint density at radius 3 is 2.67 bits per heavy atom. The molecule has 156 valence electrons. The van der Waals surface area contributed by atoms with Gasteiger partial charge in [-0.15, -0.1) is 24.0 Å². The number of likely N-dealkylation sites (N-methyl/N-ethyl adjacent to an activating group) is 1. The molecule has 0 bridgehead atoms. The molecule has 0 saturated heterocycles. The van der Waals surface area contributed by atoms with Gasteiger partial charge in [0, 0.05) is 39.9 Å². The summed E-state index contributed by atoms with van der Waals surface area (Å²) in [4.78, 5) is 18.4. The molecule has 8 nitrogen and oxygen atoms in total. The van der Waals surface area contributed by atoms with Crippen LogP contribution in [0.15, 0.2) is 15.5 Å². The number of esters is 1. The first kappa shape index (κ1) is 25.7. The normalized spacial score (nSPS) is 11.3. The minimum Gasteiger partial charge on any atom is -0.465 e. The highest BCUT2D eigenvalue weighted by atomic mass is 127. The van der Waals surface area contributed by atoms with Crippen LogP contribution in [0, 0.1) is 6.92 Å². The van der Waals surface area contributed by atoms with Crippen molar-refractivity contribution < 1.29 is 18.7 Å². The van der Waals surface area contributed by atoms with Crippen molar-refractivity contribution in [1.29, 1.82) is 0 Å². The van der Waals surface area contributed by atoms with Crippen molar-refractivity contribution >= 4 is 35.9 Å². The standard InChI is InChI=1S/C18H32N4O4.HI/c1-6-19-18(20-8-10-22(3)9-7-11-24-4)21-13-15-12-16(14(2)26-15)17(23)25-5;/h12H,6-11,13H2,1-5H3,(H2,19,20,21);1H. The lowest BCUT2D eigenvalue weighted by molar-refractivity contribution is 0.0599. The Balaban J connectivity index is 0.00000676. The largest absolute Gasteiger partial charge is 0.465 e. The fourth-order valence-corrected chi connectivity index (χ4v) is 2.39. The predicted molar refractivity (Wildman–Crippen MR) is 117 cm³/mol. The second-order valence-corrected chi connectivity index (χ2v) is 5.95. The number of carbonyl (C=O) groups is 1. The van der Waals surface area contributed by atoms with Gasteiger partial charge in [0.05, 0.1) is 7.11 Å². The van der Waals surface area contributed by atoms with Gasteiger partial charge in [-0.2, -0.15) is 0 Å². The minimum absolute atomic E-state index is 0. The van der Waals surface area contributed by atoms with E-state index in [-0.39, 0.29) is 24.0 Å². The van der Waals surface area contributed by atoms with Gasteiger partial charge in [0.15, 0.2) is 5.96 Å². The molecule has 1 aromatic rings. The van der Waals surface area contributed by atoms with E-state index in [9.17, 15) is 4.79 Å². The molecule has 0 aliphatic carbocycles. The van der Waals surface area contributed by atoms with Gasteiger partial charge in [0.2, 0.25) is 0 Å². The van der Waals surface area contributed by atoms with Crippen LogP contribution in [0.4, 0.5) is 0 Å². The van der Waals surface area contributed by atoms with Gasteiger partial charge >= 0.3 is 5.97 Å². The first-order chi connectivity index (χ1) is 12.5. The van der Waals surface area contributed by atoms with E-state index in [0.717, 1.165) is 39.2 Å².